The van der Waals surface area contributed by atoms with Gasteiger partial charge in [0, 0.05) is 49.2 Å². The molecule has 2 aromatic heterocycles. The summed E-state index contributed by atoms with van der Waals surface area (Å²) in [4.78, 5) is 24.7. The third kappa shape index (κ3) is 3.91. The zero-order chi connectivity index (χ0) is 23.2. The van der Waals surface area contributed by atoms with Crippen LogP contribution in [-0.2, 0) is 29.3 Å². The topological polar surface area (TPSA) is 58.6 Å². The second kappa shape index (κ2) is 8.80. The van der Waals surface area contributed by atoms with E-state index in [1.54, 1.807) is 11.3 Å². The molecule has 0 aliphatic carbocycles. The number of hydrogen-bond donors (Lipinski definition) is 0. The van der Waals surface area contributed by atoms with E-state index in [0.29, 0.717) is 24.3 Å². The lowest BCUT2D eigenvalue weighted by Gasteiger charge is -2.27. The quantitative estimate of drug-likeness (QED) is 0.272. The van der Waals surface area contributed by atoms with Crippen molar-refractivity contribution in [3.8, 4) is 0 Å². The molecule has 0 unspecified atom stereocenters. The summed E-state index contributed by atoms with van der Waals surface area (Å²) in [5, 5.41) is 2.86. The Hall–Kier alpha value is -2.74. The van der Waals surface area contributed by atoms with E-state index in [9.17, 15) is 4.79 Å². The lowest BCUT2D eigenvalue weighted by molar-refractivity contribution is -0.119. The van der Waals surface area contributed by atoms with Gasteiger partial charge in [0.1, 0.15) is 5.15 Å². The fraction of sp³-hybridized carbons (Fsp3) is 0.346. The van der Waals surface area contributed by atoms with Crippen LogP contribution in [0.5, 0.6) is 0 Å². The number of amides is 1. The van der Waals surface area contributed by atoms with E-state index < -0.39 is 0 Å². The van der Waals surface area contributed by atoms with Crippen LogP contribution in [-0.4, -0.2) is 41.4 Å². The number of halogens is 1. The largest absolute Gasteiger partial charge is 0.372 e. The summed E-state index contributed by atoms with van der Waals surface area (Å²) in [7, 11) is 2.10. The Balaban J connectivity index is 1.22. The predicted octanol–water partition coefficient (Wildman–Crippen LogP) is 5.50. The molecule has 2 aromatic carbocycles. The van der Waals surface area contributed by atoms with Gasteiger partial charge >= 0.3 is 0 Å². The van der Waals surface area contributed by atoms with Crippen LogP contribution in [0.15, 0.2) is 36.4 Å². The predicted molar refractivity (Wildman–Crippen MR) is 137 cm³/mol. The van der Waals surface area contributed by atoms with Crippen LogP contribution < -0.4 is 4.90 Å². The summed E-state index contributed by atoms with van der Waals surface area (Å²) in [5.74, 6) is 0.443. The third-order valence-electron chi connectivity index (χ3n) is 6.99. The molecular weight excluding hydrogens is 468 g/mol. The van der Waals surface area contributed by atoms with Crippen molar-refractivity contribution in [1.29, 1.82) is 0 Å². The van der Waals surface area contributed by atoms with Crippen molar-refractivity contribution in [1.82, 2.24) is 14.9 Å². The van der Waals surface area contributed by atoms with Gasteiger partial charge in [0.2, 0.25) is 6.41 Å². The van der Waals surface area contributed by atoms with Crippen molar-refractivity contribution >= 4 is 56.2 Å². The van der Waals surface area contributed by atoms with Gasteiger partial charge in [0.05, 0.1) is 34.0 Å². The highest BCUT2D eigenvalue weighted by Crippen LogP contribution is 2.36. The number of nitrogens with zero attached hydrogens (tertiary/aromatic N) is 4. The van der Waals surface area contributed by atoms with Crippen LogP contribution in [0.3, 0.4) is 0 Å². The second-order valence-electron chi connectivity index (χ2n) is 9.18. The monoisotopic (exact) mass is 492 g/mol. The maximum Gasteiger partial charge on any atom is 0.209 e. The second-order valence-corrected chi connectivity index (χ2v) is 10.6. The molecule has 0 radical (unpaired) electrons. The number of likely N-dealkylation sites (tertiary alicyclic amines) is 1. The van der Waals surface area contributed by atoms with Crippen molar-refractivity contribution in [3.05, 3.63) is 63.2 Å². The molecule has 34 heavy (non-hydrogen) atoms. The van der Waals surface area contributed by atoms with E-state index in [1.165, 1.54) is 15.3 Å². The smallest absolute Gasteiger partial charge is 0.209 e. The molecular formula is C26H25ClN4O2S. The van der Waals surface area contributed by atoms with Gasteiger partial charge in [0.25, 0.3) is 0 Å². The molecule has 0 spiro atoms. The molecule has 4 aromatic rings. The molecule has 174 valence electrons. The summed E-state index contributed by atoms with van der Waals surface area (Å²) in [5.41, 5.74) is 6.46. The van der Waals surface area contributed by atoms with Crippen LogP contribution in [0, 0.1) is 0 Å². The maximum absolute atomic E-state index is 11.0. The van der Waals surface area contributed by atoms with Crippen molar-refractivity contribution < 1.29 is 9.53 Å². The number of piperidine rings is 1. The van der Waals surface area contributed by atoms with E-state index in [4.69, 9.17) is 21.3 Å². The van der Waals surface area contributed by atoms with E-state index in [2.05, 4.69) is 53.3 Å². The minimum Gasteiger partial charge on any atom is -0.372 e. The zero-order valence-corrected chi connectivity index (χ0v) is 20.5. The number of fused-ring (bicyclic) bond motifs is 4. The fourth-order valence-corrected chi connectivity index (χ4v) is 6.39. The SMILES string of the molecule is CN(Cc1ccc2c3c(c(Cl)nc2c1)COC3)c1ccc2sc(C3CCN(C=O)CC3)nc2c1. The first-order valence-electron chi connectivity index (χ1n) is 11.6. The molecule has 8 heteroatoms. The molecule has 2 aliphatic heterocycles. The van der Waals surface area contributed by atoms with Gasteiger partial charge in [-0.1, -0.05) is 23.7 Å². The molecule has 1 amide bonds. The minimum absolute atomic E-state index is 0.443. The average molecular weight is 493 g/mol. The van der Waals surface area contributed by atoms with Gasteiger partial charge in [-0.05, 0) is 48.2 Å². The summed E-state index contributed by atoms with van der Waals surface area (Å²) in [6.45, 7) is 3.54. The number of rotatable bonds is 5. The van der Waals surface area contributed by atoms with Gasteiger partial charge in [0.15, 0.2) is 0 Å². The van der Waals surface area contributed by atoms with Crippen LogP contribution in [0.4, 0.5) is 5.69 Å². The lowest BCUT2D eigenvalue weighted by atomic mass is 9.98. The molecule has 6 nitrogen and oxygen atoms in total. The molecule has 0 atom stereocenters. The van der Waals surface area contributed by atoms with Crippen LogP contribution in [0.25, 0.3) is 21.1 Å². The molecule has 4 heterocycles. The summed E-state index contributed by atoms with van der Waals surface area (Å²) in [6.07, 6.45) is 2.93. The number of ether oxygens (including phenoxy) is 1. The van der Waals surface area contributed by atoms with Gasteiger partial charge in [-0.15, -0.1) is 11.3 Å². The van der Waals surface area contributed by atoms with E-state index in [1.807, 2.05) is 4.90 Å². The summed E-state index contributed by atoms with van der Waals surface area (Å²) in [6, 6.07) is 12.9. The molecule has 2 aliphatic rings. The van der Waals surface area contributed by atoms with Gasteiger partial charge in [-0.2, -0.15) is 0 Å². The minimum atomic E-state index is 0.443. The fourth-order valence-electron chi connectivity index (χ4n) is 5.01. The van der Waals surface area contributed by atoms with Crippen molar-refractivity contribution in [2.75, 3.05) is 25.0 Å². The number of anilines is 1. The number of hydrogen-bond acceptors (Lipinski definition) is 6. The normalized spacial score (nSPS) is 16.4. The Morgan fingerprint density at radius 1 is 1.12 bits per heavy atom. The number of thiazole rings is 1. The van der Waals surface area contributed by atoms with Gasteiger partial charge in [-0.3, -0.25) is 4.79 Å². The Morgan fingerprint density at radius 2 is 1.94 bits per heavy atom. The molecule has 0 N–H and O–H groups in total. The summed E-state index contributed by atoms with van der Waals surface area (Å²) < 4.78 is 6.80. The number of carbonyl (C=O) groups excluding carboxylic acids is 1. The number of pyridine rings is 1. The average Bonchev–Trinajstić information content (AvgIpc) is 3.51. The van der Waals surface area contributed by atoms with Crippen molar-refractivity contribution in [2.45, 2.75) is 38.5 Å². The van der Waals surface area contributed by atoms with Gasteiger partial charge in [-0.25, -0.2) is 9.97 Å². The molecule has 0 bridgehead atoms. The highest BCUT2D eigenvalue weighted by atomic mass is 35.5. The van der Waals surface area contributed by atoms with Crippen molar-refractivity contribution in [3.63, 3.8) is 0 Å². The highest BCUT2D eigenvalue weighted by molar-refractivity contribution is 7.18. The molecule has 1 saturated heterocycles. The Labute approximate surface area is 207 Å². The number of aromatic nitrogens is 2. The van der Waals surface area contributed by atoms with Crippen LogP contribution in [0.2, 0.25) is 5.15 Å². The third-order valence-corrected chi connectivity index (χ3v) is 8.50. The van der Waals surface area contributed by atoms with Gasteiger partial charge < -0.3 is 14.5 Å². The molecule has 0 saturated carbocycles. The van der Waals surface area contributed by atoms with E-state index in [0.717, 1.165) is 72.1 Å². The van der Waals surface area contributed by atoms with Crippen molar-refractivity contribution in [2.24, 2.45) is 0 Å². The maximum atomic E-state index is 11.0. The number of benzene rings is 2. The first-order chi connectivity index (χ1) is 16.6. The Kier molecular flexibility index (Phi) is 5.63. The standard InChI is InChI=1S/C26H25ClN4O2S/c1-30(12-16-2-4-19-20-13-33-14-21(20)25(27)28-22(19)10-16)18-3-5-24-23(11-18)29-26(34-24)17-6-8-31(15-32)9-7-17/h2-5,10-11,15,17H,6-9,12-14H2,1H3. The van der Waals surface area contributed by atoms with E-state index in [-0.39, 0.29) is 0 Å². The molecule has 1 fully saturated rings. The number of carbonyl (C=O) groups is 1. The van der Waals surface area contributed by atoms with E-state index >= 15 is 0 Å². The lowest BCUT2D eigenvalue weighted by Crippen LogP contribution is -2.31. The molecule has 6 rings (SSSR count). The summed E-state index contributed by atoms with van der Waals surface area (Å²) >= 11 is 8.19. The first kappa shape index (κ1) is 21.8. The van der Waals surface area contributed by atoms with Crippen LogP contribution >= 0.6 is 22.9 Å². The Morgan fingerprint density at radius 3 is 2.76 bits per heavy atom. The van der Waals surface area contributed by atoms with Crippen LogP contribution in [0.1, 0.15) is 40.5 Å². The highest BCUT2D eigenvalue weighted by Gasteiger charge is 2.23. The zero-order valence-electron chi connectivity index (χ0n) is 19.0. The Bertz CT molecular complexity index is 1400. The first-order valence-corrected chi connectivity index (χ1v) is 12.8.